The van der Waals surface area contributed by atoms with Gasteiger partial charge >= 0.3 is 0 Å². The standard InChI is InChI=1S/C20H18ClN3O2S/c1-13-4-9-17-15(11-13)3-2-10-24(17)18(25)12-27-20-23-22-19(26-20)14-5-7-16(21)8-6-14/h4-9,11H,2-3,10,12H2,1H3. The maximum atomic E-state index is 12.7. The Morgan fingerprint density at radius 3 is 2.85 bits per heavy atom. The maximum Gasteiger partial charge on any atom is 0.277 e. The van der Waals surface area contributed by atoms with Crippen LogP contribution in [-0.4, -0.2) is 28.4 Å². The Bertz CT molecular complexity index is 972. The molecule has 5 nitrogen and oxygen atoms in total. The summed E-state index contributed by atoms with van der Waals surface area (Å²) < 4.78 is 5.66. The normalized spacial score (nSPS) is 13.5. The van der Waals surface area contributed by atoms with Crippen molar-refractivity contribution in [1.29, 1.82) is 0 Å². The molecule has 0 bridgehead atoms. The van der Waals surface area contributed by atoms with Gasteiger partial charge in [0, 0.05) is 22.8 Å². The zero-order valence-corrected chi connectivity index (χ0v) is 16.4. The maximum absolute atomic E-state index is 12.7. The number of carbonyl (C=O) groups is 1. The largest absolute Gasteiger partial charge is 0.411 e. The number of hydrogen-bond acceptors (Lipinski definition) is 5. The summed E-state index contributed by atoms with van der Waals surface area (Å²) in [6.45, 7) is 2.82. The Hall–Kier alpha value is -2.31. The minimum atomic E-state index is 0.0519. The van der Waals surface area contributed by atoms with E-state index in [9.17, 15) is 4.79 Å². The number of fused-ring (bicyclic) bond motifs is 1. The fourth-order valence-corrected chi connectivity index (χ4v) is 3.93. The van der Waals surface area contributed by atoms with Crippen LogP contribution in [-0.2, 0) is 11.2 Å². The van der Waals surface area contributed by atoms with E-state index in [4.69, 9.17) is 16.0 Å². The number of thioether (sulfide) groups is 1. The van der Waals surface area contributed by atoms with E-state index < -0.39 is 0 Å². The summed E-state index contributed by atoms with van der Waals surface area (Å²) in [5.74, 6) is 0.728. The van der Waals surface area contributed by atoms with Gasteiger partial charge in [-0.15, -0.1) is 10.2 Å². The highest BCUT2D eigenvalue weighted by Crippen LogP contribution is 2.30. The molecule has 2 heterocycles. The molecule has 138 valence electrons. The van der Waals surface area contributed by atoms with E-state index in [1.165, 1.54) is 22.9 Å². The third-order valence-corrected chi connectivity index (χ3v) is 5.53. The lowest BCUT2D eigenvalue weighted by Crippen LogP contribution is -2.36. The van der Waals surface area contributed by atoms with Crippen LogP contribution in [0.5, 0.6) is 0 Å². The summed E-state index contributed by atoms with van der Waals surface area (Å²) in [6, 6.07) is 13.4. The second-order valence-electron chi connectivity index (χ2n) is 6.45. The molecule has 2 aromatic carbocycles. The molecule has 0 unspecified atom stereocenters. The topological polar surface area (TPSA) is 59.2 Å². The molecular weight excluding hydrogens is 382 g/mol. The first-order valence-corrected chi connectivity index (χ1v) is 10.1. The van der Waals surface area contributed by atoms with E-state index >= 15 is 0 Å². The van der Waals surface area contributed by atoms with Gasteiger partial charge in [-0.25, -0.2) is 0 Å². The van der Waals surface area contributed by atoms with Crippen molar-refractivity contribution in [2.75, 3.05) is 17.2 Å². The average Bonchev–Trinajstić information content (AvgIpc) is 3.15. The molecule has 1 aliphatic rings. The molecule has 0 atom stereocenters. The number of rotatable bonds is 4. The van der Waals surface area contributed by atoms with Crippen molar-refractivity contribution in [3.8, 4) is 11.5 Å². The van der Waals surface area contributed by atoms with Crippen LogP contribution in [0.3, 0.4) is 0 Å². The van der Waals surface area contributed by atoms with Crippen molar-refractivity contribution in [3.05, 3.63) is 58.6 Å². The number of nitrogens with zero attached hydrogens (tertiary/aromatic N) is 3. The van der Waals surface area contributed by atoms with E-state index in [-0.39, 0.29) is 11.7 Å². The van der Waals surface area contributed by atoms with Crippen LogP contribution in [0.1, 0.15) is 17.5 Å². The fraction of sp³-hybridized carbons (Fsp3) is 0.250. The molecule has 0 spiro atoms. The van der Waals surface area contributed by atoms with Crippen LogP contribution >= 0.6 is 23.4 Å². The number of halogens is 1. The van der Waals surface area contributed by atoms with E-state index in [0.717, 1.165) is 30.6 Å². The molecule has 4 rings (SSSR count). The molecule has 1 amide bonds. The molecule has 0 fully saturated rings. The Kier molecular flexibility index (Phi) is 5.18. The van der Waals surface area contributed by atoms with Crippen molar-refractivity contribution in [1.82, 2.24) is 10.2 Å². The van der Waals surface area contributed by atoms with Crippen molar-refractivity contribution >= 4 is 35.0 Å². The lowest BCUT2D eigenvalue weighted by atomic mass is 10.00. The summed E-state index contributed by atoms with van der Waals surface area (Å²) in [4.78, 5) is 14.6. The second kappa shape index (κ2) is 7.74. The summed E-state index contributed by atoms with van der Waals surface area (Å²) in [6.07, 6.45) is 2.00. The van der Waals surface area contributed by atoms with E-state index in [1.54, 1.807) is 12.1 Å². The molecule has 7 heteroatoms. The van der Waals surface area contributed by atoms with Gasteiger partial charge in [0.25, 0.3) is 5.22 Å². The smallest absolute Gasteiger partial charge is 0.277 e. The third-order valence-electron chi connectivity index (χ3n) is 4.47. The van der Waals surface area contributed by atoms with Crippen LogP contribution in [0, 0.1) is 6.92 Å². The van der Waals surface area contributed by atoms with Crippen molar-refractivity contribution in [2.24, 2.45) is 0 Å². The Labute approximate surface area is 166 Å². The van der Waals surface area contributed by atoms with Gasteiger partial charge in [0.1, 0.15) is 0 Å². The van der Waals surface area contributed by atoms with Gasteiger partial charge in [-0.3, -0.25) is 4.79 Å². The van der Waals surface area contributed by atoms with E-state index in [2.05, 4.69) is 23.2 Å². The Morgan fingerprint density at radius 1 is 1.22 bits per heavy atom. The van der Waals surface area contributed by atoms with Crippen LogP contribution < -0.4 is 4.90 Å². The van der Waals surface area contributed by atoms with Gasteiger partial charge in [0.05, 0.1) is 5.75 Å². The lowest BCUT2D eigenvalue weighted by Gasteiger charge is -2.29. The SMILES string of the molecule is Cc1ccc2c(c1)CCCN2C(=O)CSc1nnc(-c2ccc(Cl)cc2)o1. The van der Waals surface area contributed by atoms with E-state index in [0.29, 0.717) is 16.1 Å². The van der Waals surface area contributed by atoms with Crippen LogP contribution in [0.4, 0.5) is 5.69 Å². The van der Waals surface area contributed by atoms with Crippen LogP contribution in [0.15, 0.2) is 52.1 Å². The van der Waals surface area contributed by atoms with Gasteiger partial charge in [-0.1, -0.05) is 41.1 Å². The van der Waals surface area contributed by atoms with Crippen molar-refractivity contribution in [2.45, 2.75) is 25.0 Å². The molecule has 1 aromatic heterocycles. The second-order valence-corrected chi connectivity index (χ2v) is 7.81. The minimum absolute atomic E-state index is 0.0519. The van der Waals surface area contributed by atoms with Gasteiger partial charge < -0.3 is 9.32 Å². The zero-order valence-electron chi connectivity index (χ0n) is 14.8. The molecule has 0 radical (unpaired) electrons. The number of benzene rings is 2. The Balaban J connectivity index is 1.43. The summed E-state index contributed by atoms with van der Waals surface area (Å²) in [5.41, 5.74) is 4.27. The van der Waals surface area contributed by atoms with Crippen molar-refractivity contribution in [3.63, 3.8) is 0 Å². The molecule has 0 saturated heterocycles. The number of aromatic nitrogens is 2. The first-order chi connectivity index (χ1) is 13.1. The van der Waals surface area contributed by atoms with Gasteiger partial charge in [0.2, 0.25) is 11.8 Å². The third kappa shape index (κ3) is 4.01. The Morgan fingerprint density at radius 2 is 2.04 bits per heavy atom. The van der Waals surface area contributed by atoms with E-state index in [1.807, 2.05) is 29.2 Å². The minimum Gasteiger partial charge on any atom is -0.411 e. The molecule has 0 saturated carbocycles. The number of carbonyl (C=O) groups excluding carboxylic acids is 1. The first-order valence-electron chi connectivity index (χ1n) is 8.72. The highest BCUT2D eigenvalue weighted by atomic mass is 35.5. The molecule has 0 N–H and O–H groups in total. The average molecular weight is 400 g/mol. The highest BCUT2D eigenvalue weighted by Gasteiger charge is 2.23. The highest BCUT2D eigenvalue weighted by molar-refractivity contribution is 7.99. The molecule has 1 aliphatic heterocycles. The van der Waals surface area contributed by atoms with Gasteiger partial charge in [0.15, 0.2) is 0 Å². The van der Waals surface area contributed by atoms with Gasteiger partial charge in [-0.2, -0.15) is 0 Å². The zero-order chi connectivity index (χ0) is 18.8. The molecule has 27 heavy (non-hydrogen) atoms. The number of hydrogen-bond donors (Lipinski definition) is 0. The summed E-state index contributed by atoms with van der Waals surface area (Å²) in [7, 11) is 0. The van der Waals surface area contributed by atoms with Crippen LogP contribution in [0.2, 0.25) is 5.02 Å². The predicted molar refractivity (Wildman–Crippen MR) is 107 cm³/mol. The number of anilines is 1. The number of aryl methyl sites for hydroxylation is 2. The fourth-order valence-electron chi connectivity index (χ4n) is 3.16. The quantitative estimate of drug-likeness (QED) is 0.591. The lowest BCUT2D eigenvalue weighted by molar-refractivity contribution is -0.116. The predicted octanol–water partition coefficient (Wildman–Crippen LogP) is 4.77. The molecule has 0 aliphatic carbocycles. The number of amides is 1. The van der Waals surface area contributed by atoms with Gasteiger partial charge in [-0.05, 0) is 55.7 Å². The first kappa shape index (κ1) is 18.1. The summed E-state index contributed by atoms with van der Waals surface area (Å²) in [5, 5.41) is 9.11. The monoisotopic (exact) mass is 399 g/mol. The summed E-state index contributed by atoms with van der Waals surface area (Å²) >= 11 is 7.16. The molecule has 3 aromatic rings. The van der Waals surface area contributed by atoms with Crippen molar-refractivity contribution < 1.29 is 9.21 Å². The van der Waals surface area contributed by atoms with Crippen LogP contribution in [0.25, 0.3) is 11.5 Å². The molecular formula is C20H18ClN3O2S.